The highest BCUT2D eigenvalue weighted by Crippen LogP contribution is 2.68. The normalized spacial score (nSPS) is 24.2. The van der Waals surface area contributed by atoms with Crippen LogP contribution in [0, 0.1) is 0 Å². The Morgan fingerprint density at radius 2 is 0.662 bits per heavy atom. The van der Waals surface area contributed by atoms with Crippen molar-refractivity contribution in [1.82, 2.24) is 0 Å². The number of rotatable bonds is 4. The van der Waals surface area contributed by atoms with Gasteiger partial charge in [-0.3, -0.25) is 27.6 Å². The summed E-state index contributed by atoms with van der Waals surface area (Å²) in [5.41, 5.74) is 7.04. The molecule has 4 amide bonds. The average Bonchev–Trinajstić information content (AvgIpc) is 3.31. The van der Waals surface area contributed by atoms with Gasteiger partial charge in [0.25, 0.3) is 11.8 Å². The lowest BCUT2D eigenvalue weighted by atomic mass is 9.69. The Hall–Kier alpha value is -8.46. The molecule has 8 aromatic rings. The molecule has 0 aromatic heterocycles. The zero-order valence-corrected chi connectivity index (χ0v) is 47.0. The van der Waals surface area contributed by atoms with Crippen LogP contribution in [0.1, 0.15) is 58.3 Å². The minimum absolute atomic E-state index is 0.0209. The first-order valence-corrected chi connectivity index (χ1v) is 30.4. The predicted molar refractivity (Wildman–Crippen MR) is 322 cm³/mol. The Balaban J connectivity index is 0.000000149. The molecular formula is C66H62N6O6S2. The molecule has 2 fully saturated rings. The van der Waals surface area contributed by atoms with Crippen LogP contribution in [-0.4, -0.2) is 71.2 Å². The molecule has 0 unspecified atom stereocenters. The number of para-hydroxylation sites is 6. The summed E-state index contributed by atoms with van der Waals surface area (Å²) in [4.78, 5) is 65.3. The highest BCUT2D eigenvalue weighted by molar-refractivity contribution is 7.83. The van der Waals surface area contributed by atoms with Crippen molar-refractivity contribution in [1.29, 1.82) is 0 Å². The minimum atomic E-state index is -1.05. The first-order valence-electron chi connectivity index (χ1n) is 26.5. The molecule has 6 heterocycles. The molecule has 2 N–H and O–H groups in total. The van der Waals surface area contributed by atoms with Gasteiger partial charge in [0.2, 0.25) is 11.8 Å². The van der Waals surface area contributed by atoms with Gasteiger partial charge in [0.15, 0.2) is 0 Å². The maximum atomic E-state index is 14.5. The van der Waals surface area contributed by atoms with Crippen molar-refractivity contribution in [2.45, 2.75) is 46.8 Å². The number of hydrogen-bond donors (Lipinski definition) is 2. The fourth-order valence-electron chi connectivity index (χ4n) is 13.7. The van der Waals surface area contributed by atoms with Crippen LogP contribution in [0.2, 0.25) is 0 Å². The van der Waals surface area contributed by atoms with Gasteiger partial charge in [-0.05, 0) is 70.8 Å². The van der Waals surface area contributed by atoms with Gasteiger partial charge in [-0.25, -0.2) is 0 Å². The smallest absolute Gasteiger partial charge is 0.255 e. The van der Waals surface area contributed by atoms with Crippen molar-refractivity contribution in [3.8, 4) is 0 Å². The number of anilines is 6. The topological polar surface area (TPSA) is 139 Å². The van der Waals surface area contributed by atoms with Crippen LogP contribution >= 0.6 is 0 Å². The molecule has 0 aliphatic carbocycles. The van der Waals surface area contributed by atoms with Crippen molar-refractivity contribution < 1.29 is 27.6 Å². The summed E-state index contributed by atoms with van der Waals surface area (Å²) in [6.45, 7) is 0. The summed E-state index contributed by atoms with van der Waals surface area (Å²) in [6.07, 6.45) is 7.25. The Labute approximate surface area is 472 Å². The lowest BCUT2D eigenvalue weighted by Gasteiger charge is -2.40. The second-order valence-electron chi connectivity index (χ2n) is 21.3. The van der Waals surface area contributed by atoms with E-state index in [1.54, 1.807) is 34.8 Å². The summed E-state index contributed by atoms with van der Waals surface area (Å²) in [6, 6.07) is 71.5. The molecule has 404 valence electrons. The van der Waals surface area contributed by atoms with Crippen LogP contribution in [0.15, 0.2) is 218 Å². The third kappa shape index (κ3) is 8.20. The van der Waals surface area contributed by atoms with Gasteiger partial charge in [0, 0.05) is 119 Å². The van der Waals surface area contributed by atoms with E-state index in [1.165, 1.54) is 0 Å². The summed E-state index contributed by atoms with van der Waals surface area (Å²) < 4.78 is 19.1. The number of nitrogens with zero attached hydrogens (tertiary/aromatic N) is 4. The minimum Gasteiger partial charge on any atom is -0.345 e. The number of amides is 4. The molecule has 14 heteroatoms. The van der Waals surface area contributed by atoms with E-state index in [4.69, 9.17) is 0 Å². The largest absolute Gasteiger partial charge is 0.345 e. The molecule has 8 aromatic carbocycles. The van der Waals surface area contributed by atoms with Crippen LogP contribution in [0.4, 0.5) is 34.1 Å². The molecule has 80 heavy (non-hydrogen) atoms. The van der Waals surface area contributed by atoms with Gasteiger partial charge in [-0.1, -0.05) is 170 Å². The Morgan fingerprint density at radius 3 is 1.00 bits per heavy atom. The van der Waals surface area contributed by atoms with Crippen molar-refractivity contribution in [3.63, 3.8) is 0 Å². The molecule has 0 saturated carbocycles. The van der Waals surface area contributed by atoms with Gasteiger partial charge in [0.1, 0.15) is 21.9 Å². The van der Waals surface area contributed by atoms with Crippen LogP contribution in [0.3, 0.4) is 0 Å². The number of benzene rings is 8. The molecule has 6 atom stereocenters. The first kappa shape index (κ1) is 53.5. The van der Waals surface area contributed by atoms with Crippen LogP contribution in [0.25, 0.3) is 0 Å². The lowest BCUT2D eigenvalue weighted by Crippen LogP contribution is -2.48. The molecular weight excluding hydrogens is 1040 g/mol. The number of carbonyl (C=O) groups excluding carboxylic acids is 4. The maximum absolute atomic E-state index is 14.5. The van der Waals surface area contributed by atoms with E-state index in [0.717, 1.165) is 67.5 Å². The van der Waals surface area contributed by atoms with E-state index in [0.29, 0.717) is 12.8 Å². The van der Waals surface area contributed by atoms with E-state index >= 15 is 0 Å². The summed E-state index contributed by atoms with van der Waals surface area (Å²) >= 11 is 0. The molecule has 6 aliphatic rings. The average molecular weight is 1100 g/mol. The highest BCUT2D eigenvalue weighted by atomic mass is 32.2. The van der Waals surface area contributed by atoms with Gasteiger partial charge < -0.3 is 30.2 Å². The third-order valence-electron chi connectivity index (χ3n) is 16.5. The van der Waals surface area contributed by atoms with Gasteiger partial charge in [-0.15, -0.1) is 0 Å². The molecule has 0 radical (unpaired) electrons. The summed E-state index contributed by atoms with van der Waals surface area (Å²) in [5, 5.41) is 6.31. The van der Waals surface area contributed by atoms with Gasteiger partial charge in [-0.2, -0.15) is 0 Å². The summed E-state index contributed by atoms with van der Waals surface area (Å²) in [7, 11) is 2.47. The number of likely N-dealkylation sites (N-methyl/N-ethyl adjacent to an activating group) is 2. The third-order valence-corrected chi connectivity index (χ3v) is 16.5. The van der Waals surface area contributed by atoms with Crippen molar-refractivity contribution >= 4 is 79.4 Å². The Bertz CT molecular complexity index is 3490. The quantitative estimate of drug-likeness (QED) is 0.178. The molecule has 12 nitrogen and oxygen atoms in total. The first-order chi connectivity index (χ1) is 38.6. The van der Waals surface area contributed by atoms with Crippen LogP contribution in [0.5, 0.6) is 0 Å². The Morgan fingerprint density at radius 1 is 0.388 bits per heavy atom. The van der Waals surface area contributed by atoms with Crippen LogP contribution < -0.4 is 30.2 Å². The maximum Gasteiger partial charge on any atom is 0.255 e. The fourth-order valence-corrected chi connectivity index (χ4v) is 13.7. The molecule has 14 rings (SSSR count). The second kappa shape index (κ2) is 21.0. The fraction of sp³-hybridized carbons (Fsp3) is 0.212. The van der Waals surface area contributed by atoms with E-state index in [9.17, 15) is 27.6 Å². The molecule has 4 spiro atoms. The monoisotopic (exact) mass is 1100 g/mol. The van der Waals surface area contributed by atoms with E-state index in [-0.39, 0.29) is 23.6 Å². The second-order valence-corrected chi connectivity index (χ2v) is 24.3. The number of carbonyl (C=O) groups is 4. The van der Waals surface area contributed by atoms with Crippen molar-refractivity contribution in [2.75, 3.05) is 69.4 Å². The Kier molecular flexibility index (Phi) is 14.0. The van der Waals surface area contributed by atoms with Crippen LogP contribution in [-0.2, 0) is 62.7 Å². The highest BCUT2D eigenvalue weighted by Gasteiger charge is 2.73. The van der Waals surface area contributed by atoms with Gasteiger partial charge >= 0.3 is 0 Å². The van der Waals surface area contributed by atoms with E-state index < -0.39 is 55.6 Å². The number of nitrogens with one attached hydrogen (secondary N) is 2. The lowest BCUT2D eigenvalue weighted by molar-refractivity contribution is -0.125. The van der Waals surface area contributed by atoms with Crippen molar-refractivity contribution in [2.24, 2.45) is 0 Å². The standard InChI is InChI=1S/2C31H25N3O2.2C2H6OS/c2*1-33-26-19-11-9-17-24(26)30(29(33)36)20-31(23-16-8-10-18-25(23)32-28(31)35)34(22-14-6-3-7-15-22)27(30)21-12-4-2-5-13-21;2*1-4(2)3/h2*2-19,27H,20H2,1H3,(H,32,35);2*1-2H3/t2*27-,30-,31-;;/m10../s1. The number of fused-ring (bicyclic) bond motifs is 8. The molecule has 6 aliphatic heterocycles. The van der Waals surface area contributed by atoms with Gasteiger partial charge in [0.05, 0.1) is 12.1 Å². The zero-order chi connectivity index (χ0) is 56.1. The van der Waals surface area contributed by atoms with Crippen molar-refractivity contribution in [3.05, 3.63) is 252 Å². The SMILES string of the molecule is CN1C(=O)[C@@]2(C[C@]3(C(=O)Nc4ccccc43)N(c3ccccc3)[C@H]2c2ccccc2)c2ccccc21.CN1C(=O)[C@]2(C[C@@]3(C(=O)Nc4ccccc43)N(c3ccccc3)[C@@H]2c2ccccc2)c2ccccc21.CS(C)=O.CS(C)=O. The number of hydrogen-bond acceptors (Lipinski definition) is 8. The zero-order valence-electron chi connectivity index (χ0n) is 45.4. The molecule has 0 bridgehead atoms. The van der Waals surface area contributed by atoms with E-state index in [2.05, 4.69) is 56.8 Å². The molecule has 2 saturated heterocycles. The summed E-state index contributed by atoms with van der Waals surface area (Å²) in [5.74, 6) is -0.143. The predicted octanol–water partition coefficient (Wildman–Crippen LogP) is 10.8. The van der Waals surface area contributed by atoms with E-state index in [1.807, 2.05) is 196 Å².